The first kappa shape index (κ1) is 23.2. The van der Waals surface area contributed by atoms with Gasteiger partial charge in [0.2, 0.25) is 0 Å². The average molecular weight is 445 g/mol. The van der Waals surface area contributed by atoms with Crippen LogP contribution in [0.25, 0.3) is 0 Å². The van der Waals surface area contributed by atoms with Crippen LogP contribution < -0.4 is 20.3 Å². The second-order valence-electron chi connectivity index (χ2n) is 7.51. The maximum atomic E-state index is 6.32. The summed E-state index contributed by atoms with van der Waals surface area (Å²) in [5.74, 6) is 2.57. The molecule has 2 heterocycles. The Kier molecular flexibility index (Phi) is 8.79. The summed E-state index contributed by atoms with van der Waals surface area (Å²) in [7, 11) is 3.41. The van der Waals surface area contributed by atoms with Crippen LogP contribution in [0, 0.1) is 0 Å². The van der Waals surface area contributed by atoms with E-state index >= 15 is 0 Å². The van der Waals surface area contributed by atoms with Crippen molar-refractivity contribution in [3.05, 3.63) is 52.7 Å². The number of hydrogen-bond donors (Lipinski definition) is 2. The van der Waals surface area contributed by atoms with Gasteiger partial charge in [-0.15, -0.1) is 0 Å². The molecule has 168 valence electrons. The van der Waals surface area contributed by atoms with Crippen LogP contribution in [-0.2, 0) is 13.0 Å². The lowest BCUT2D eigenvalue weighted by atomic mass is 10.1. The van der Waals surface area contributed by atoms with Gasteiger partial charge < -0.3 is 25.2 Å². The zero-order valence-corrected chi connectivity index (χ0v) is 19.5. The van der Waals surface area contributed by atoms with Crippen LogP contribution in [-0.4, -0.2) is 69.3 Å². The molecule has 8 heteroatoms. The monoisotopic (exact) mass is 444 g/mol. The number of piperazine rings is 1. The van der Waals surface area contributed by atoms with Crippen molar-refractivity contribution in [1.82, 2.24) is 20.5 Å². The second kappa shape index (κ2) is 11.8. The van der Waals surface area contributed by atoms with Crippen LogP contribution in [0.3, 0.4) is 0 Å². The van der Waals surface area contributed by atoms with Gasteiger partial charge in [-0.3, -0.25) is 4.99 Å². The normalized spacial score (nSPS) is 15.1. The molecule has 1 aliphatic rings. The molecule has 1 aromatic carbocycles. The van der Waals surface area contributed by atoms with Gasteiger partial charge in [0, 0.05) is 57.5 Å². The van der Waals surface area contributed by atoms with E-state index in [2.05, 4.69) is 49.5 Å². The number of nitrogens with one attached hydrogen (secondary N) is 2. The van der Waals surface area contributed by atoms with E-state index < -0.39 is 0 Å². The standard InChI is InChI=1S/C23H33ClN6O/c1-4-29-11-13-30(14-12-29)22-8-5-18(16-27-22)17-28-23(25-2)26-10-9-19-6-7-20(31-3)15-21(19)24/h5-8,15-16H,4,9-14,17H2,1-3H3,(H2,25,26,28). The van der Waals surface area contributed by atoms with Crippen molar-refractivity contribution in [2.24, 2.45) is 4.99 Å². The molecule has 0 atom stereocenters. The Bertz CT molecular complexity index is 850. The number of halogens is 1. The Hall–Kier alpha value is -2.51. The fourth-order valence-corrected chi connectivity index (χ4v) is 3.85. The topological polar surface area (TPSA) is 65.0 Å². The number of guanidine groups is 1. The van der Waals surface area contributed by atoms with Crippen molar-refractivity contribution in [2.75, 3.05) is 58.3 Å². The fourth-order valence-electron chi connectivity index (χ4n) is 3.58. The Morgan fingerprint density at radius 3 is 2.58 bits per heavy atom. The van der Waals surface area contributed by atoms with Crippen LogP contribution in [0.1, 0.15) is 18.1 Å². The number of hydrogen-bond acceptors (Lipinski definition) is 5. The minimum atomic E-state index is 0.667. The van der Waals surface area contributed by atoms with Crippen LogP contribution in [0.15, 0.2) is 41.5 Å². The first-order chi connectivity index (χ1) is 15.1. The maximum absolute atomic E-state index is 6.32. The largest absolute Gasteiger partial charge is 0.497 e. The lowest BCUT2D eigenvalue weighted by molar-refractivity contribution is 0.270. The third-order valence-electron chi connectivity index (χ3n) is 5.58. The highest BCUT2D eigenvalue weighted by Crippen LogP contribution is 2.22. The van der Waals surface area contributed by atoms with Crippen LogP contribution >= 0.6 is 11.6 Å². The minimum Gasteiger partial charge on any atom is -0.497 e. The van der Waals surface area contributed by atoms with Crippen LogP contribution in [0.5, 0.6) is 5.75 Å². The Morgan fingerprint density at radius 1 is 1.16 bits per heavy atom. The molecule has 0 spiro atoms. The van der Waals surface area contributed by atoms with Gasteiger partial charge in [-0.05, 0) is 42.3 Å². The number of methoxy groups -OCH3 is 1. The number of ether oxygens (including phenoxy) is 1. The van der Waals surface area contributed by atoms with Gasteiger partial charge in [0.25, 0.3) is 0 Å². The van der Waals surface area contributed by atoms with E-state index in [1.807, 2.05) is 24.4 Å². The van der Waals surface area contributed by atoms with Crippen molar-refractivity contribution in [1.29, 1.82) is 0 Å². The summed E-state index contributed by atoms with van der Waals surface area (Å²) in [5.41, 5.74) is 2.20. The molecule has 2 N–H and O–H groups in total. The third-order valence-corrected chi connectivity index (χ3v) is 5.94. The lowest BCUT2D eigenvalue weighted by Crippen LogP contribution is -2.46. The second-order valence-corrected chi connectivity index (χ2v) is 7.91. The van der Waals surface area contributed by atoms with E-state index in [-0.39, 0.29) is 0 Å². The molecule has 3 rings (SSSR count). The van der Waals surface area contributed by atoms with Crippen molar-refractivity contribution in [3.8, 4) is 5.75 Å². The summed E-state index contributed by atoms with van der Waals surface area (Å²) in [6.45, 7) is 9.00. The van der Waals surface area contributed by atoms with E-state index in [1.165, 1.54) is 0 Å². The number of aromatic nitrogens is 1. The third kappa shape index (κ3) is 6.74. The first-order valence-electron chi connectivity index (χ1n) is 10.8. The molecule has 0 bridgehead atoms. The number of nitrogens with zero attached hydrogens (tertiary/aromatic N) is 4. The van der Waals surface area contributed by atoms with Gasteiger partial charge in [0.15, 0.2) is 5.96 Å². The Labute approximate surface area is 190 Å². The van der Waals surface area contributed by atoms with E-state index in [0.717, 1.165) is 74.3 Å². The number of benzene rings is 1. The summed E-state index contributed by atoms with van der Waals surface area (Å²) < 4.78 is 5.20. The van der Waals surface area contributed by atoms with Crippen molar-refractivity contribution >= 4 is 23.4 Å². The molecule has 0 unspecified atom stereocenters. The molecule has 1 fully saturated rings. The Morgan fingerprint density at radius 2 is 1.97 bits per heavy atom. The van der Waals surface area contributed by atoms with Gasteiger partial charge >= 0.3 is 0 Å². The maximum Gasteiger partial charge on any atom is 0.191 e. The molecule has 0 radical (unpaired) electrons. The summed E-state index contributed by atoms with van der Waals surface area (Å²) >= 11 is 6.32. The number of anilines is 1. The molecule has 31 heavy (non-hydrogen) atoms. The molecule has 7 nitrogen and oxygen atoms in total. The molecule has 0 amide bonds. The Balaban J connectivity index is 1.43. The van der Waals surface area contributed by atoms with E-state index in [1.54, 1.807) is 14.2 Å². The van der Waals surface area contributed by atoms with E-state index in [0.29, 0.717) is 11.6 Å². The first-order valence-corrected chi connectivity index (χ1v) is 11.2. The highest BCUT2D eigenvalue weighted by atomic mass is 35.5. The molecule has 1 aliphatic heterocycles. The fraction of sp³-hybridized carbons (Fsp3) is 0.478. The van der Waals surface area contributed by atoms with Gasteiger partial charge in [-0.2, -0.15) is 0 Å². The predicted molar refractivity (Wildman–Crippen MR) is 128 cm³/mol. The molecule has 1 aromatic heterocycles. The molecular weight excluding hydrogens is 412 g/mol. The van der Waals surface area contributed by atoms with Gasteiger partial charge in [0.1, 0.15) is 11.6 Å². The SMILES string of the molecule is CCN1CCN(c2ccc(CNC(=NC)NCCc3ccc(OC)cc3Cl)cn2)CC1. The zero-order chi connectivity index (χ0) is 22.1. The summed E-state index contributed by atoms with van der Waals surface area (Å²) in [5, 5.41) is 7.39. The quantitative estimate of drug-likeness (QED) is 0.482. The van der Waals surface area contributed by atoms with Crippen molar-refractivity contribution in [3.63, 3.8) is 0 Å². The van der Waals surface area contributed by atoms with E-state index in [9.17, 15) is 0 Å². The number of likely N-dealkylation sites (N-methyl/N-ethyl adjacent to an activating group) is 1. The van der Waals surface area contributed by atoms with Crippen molar-refractivity contribution < 1.29 is 4.74 Å². The summed E-state index contributed by atoms with van der Waals surface area (Å²) in [6.07, 6.45) is 2.74. The van der Waals surface area contributed by atoms with Crippen LogP contribution in [0.4, 0.5) is 5.82 Å². The molecule has 0 saturated carbocycles. The minimum absolute atomic E-state index is 0.667. The highest BCUT2D eigenvalue weighted by Gasteiger charge is 2.16. The average Bonchev–Trinajstić information content (AvgIpc) is 2.82. The van der Waals surface area contributed by atoms with Crippen molar-refractivity contribution in [2.45, 2.75) is 19.9 Å². The van der Waals surface area contributed by atoms with Gasteiger partial charge in [-0.25, -0.2) is 4.98 Å². The van der Waals surface area contributed by atoms with E-state index in [4.69, 9.17) is 16.3 Å². The van der Waals surface area contributed by atoms with Gasteiger partial charge in [0.05, 0.1) is 7.11 Å². The zero-order valence-electron chi connectivity index (χ0n) is 18.7. The van der Waals surface area contributed by atoms with Crippen LogP contribution in [0.2, 0.25) is 5.02 Å². The van der Waals surface area contributed by atoms with Gasteiger partial charge in [-0.1, -0.05) is 30.7 Å². The summed E-state index contributed by atoms with van der Waals surface area (Å²) in [6, 6.07) is 10.00. The smallest absolute Gasteiger partial charge is 0.191 e. The number of rotatable bonds is 8. The predicted octanol–water partition coefficient (Wildman–Crippen LogP) is 2.79. The molecule has 1 saturated heterocycles. The number of pyridine rings is 1. The molecule has 2 aromatic rings. The highest BCUT2D eigenvalue weighted by molar-refractivity contribution is 6.31. The molecular formula is C23H33ClN6O. The lowest BCUT2D eigenvalue weighted by Gasteiger charge is -2.34. The number of aliphatic imine (C=N–C) groups is 1. The summed E-state index contributed by atoms with van der Waals surface area (Å²) in [4.78, 5) is 13.8. The molecule has 0 aliphatic carbocycles.